The Kier molecular flexibility index (Phi) is 2.83. The fraction of sp³-hybridized carbons (Fsp3) is 0.462. The molecule has 0 radical (unpaired) electrons. The highest BCUT2D eigenvalue weighted by Gasteiger charge is 2.30. The number of pyridine rings is 1. The molecule has 5 nitrogen and oxygen atoms in total. The summed E-state index contributed by atoms with van der Waals surface area (Å²) < 4.78 is 5.35. The Labute approximate surface area is 106 Å². The zero-order valence-corrected chi connectivity index (χ0v) is 10.6. The van der Waals surface area contributed by atoms with Crippen LogP contribution in [0.2, 0.25) is 0 Å². The summed E-state index contributed by atoms with van der Waals surface area (Å²) in [5.41, 5.74) is 0.934. The van der Waals surface area contributed by atoms with Gasteiger partial charge in [-0.2, -0.15) is 4.98 Å². The fourth-order valence-electron chi connectivity index (χ4n) is 2.24. The van der Waals surface area contributed by atoms with Crippen LogP contribution in [0.1, 0.15) is 25.8 Å². The Balaban J connectivity index is 1.77. The van der Waals surface area contributed by atoms with Gasteiger partial charge in [0.1, 0.15) is 0 Å². The summed E-state index contributed by atoms with van der Waals surface area (Å²) in [6, 6.07) is 3.96. The minimum absolute atomic E-state index is 0.198. The Hall–Kier alpha value is -1.75. The molecule has 18 heavy (non-hydrogen) atoms. The monoisotopic (exact) mass is 244 g/mol. The maximum absolute atomic E-state index is 5.35. The van der Waals surface area contributed by atoms with Crippen molar-refractivity contribution in [2.24, 2.45) is 5.92 Å². The molecule has 1 aliphatic rings. The minimum atomic E-state index is 0.198. The molecule has 94 valence electrons. The summed E-state index contributed by atoms with van der Waals surface area (Å²) in [7, 11) is 0. The van der Waals surface area contributed by atoms with E-state index in [9.17, 15) is 0 Å². The van der Waals surface area contributed by atoms with E-state index < -0.39 is 0 Å². The molecule has 1 saturated heterocycles. The lowest BCUT2D eigenvalue weighted by Gasteiger charge is -2.39. The standard InChI is InChI=1S/C13H16N4O/c1-9-7-17(8-9)10(2)13-15-12(16-18-13)11-3-5-14-6-4-11/h3-6,9-10H,7-8H2,1-2H3. The lowest BCUT2D eigenvalue weighted by Crippen LogP contribution is -2.46. The van der Waals surface area contributed by atoms with Gasteiger partial charge < -0.3 is 4.52 Å². The molecular formula is C13H16N4O. The Morgan fingerprint density at radius 3 is 2.72 bits per heavy atom. The second kappa shape index (κ2) is 4.49. The molecule has 1 atom stereocenters. The molecule has 3 rings (SSSR count). The van der Waals surface area contributed by atoms with E-state index in [-0.39, 0.29) is 6.04 Å². The third-order valence-corrected chi connectivity index (χ3v) is 3.38. The third kappa shape index (κ3) is 2.01. The number of nitrogens with zero attached hydrogens (tertiary/aromatic N) is 4. The van der Waals surface area contributed by atoms with Crippen molar-refractivity contribution in [2.75, 3.05) is 13.1 Å². The summed E-state index contributed by atoms with van der Waals surface area (Å²) in [5, 5.41) is 4.03. The minimum Gasteiger partial charge on any atom is -0.337 e. The zero-order chi connectivity index (χ0) is 12.5. The molecule has 0 saturated carbocycles. The first kappa shape index (κ1) is 11.3. The van der Waals surface area contributed by atoms with E-state index in [2.05, 4.69) is 33.9 Å². The SMILES string of the molecule is CC1CN(C(C)c2nc(-c3ccncc3)no2)C1. The highest BCUT2D eigenvalue weighted by molar-refractivity contribution is 5.52. The third-order valence-electron chi connectivity index (χ3n) is 3.38. The van der Waals surface area contributed by atoms with Gasteiger partial charge >= 0.3 is 0 Å². The van der Waals surface area contributed by atoms with Crippen molar-refractivity contribution < 1.29 is 4.52 Å². The summed E-state index contributed by atoms with van der Waals surface area (Å²) in [4.78, 5) is 10.8. The summed E-state index contributed by atoms with van der Waals surface area (Å²) >= 11 is 0. The quantitative estimate of drug-likeness (QED) is 0.828. The molecule has 0 bridgehead atoms. The smallest absolute Gasteiger partial charge is 0.244 e. The van der Waals surface area contributed by atoms with Crippen LogP contribution < -0.4 is 0 Å². The van der Waals surface area contributed by atoms with Gasteiger partial charge in [0.05, 0.1) is 6.04 Å². The molecule has 0 amide bonds. The molecule has 0 aromatic carbocycles. The Morgan fingerprint density at radius 2 is 2.06 bits per heavy atom. The molecule has 1 unspecified atom stereocenters. The fourth-order valence-corrected chi connectivity index (χ4v) is 2.24. The van der Waals surface area contributed by atoms with Crippen LogP contribution in [0.15, 0.2) is 29.0 Å². The van der Waals surface area contributed by atoms with Crippen molar-refractivity contribution in [3.63, 3.8) is 0 Å². The van der Waals surface area contributed by atoms with Gasteiger partial charge in [-0.1, -0.05) is 12.1 Å². The summed E-state index contributed by atoms with van der Waals surface area (Å²) in [6.45, 7) is 6.57. The van der Waals surface area contributed by atoms with Crippen molar-refractivity contribution in [1.82, 2.24) is 20.0 Å². The van der Waals surface area contributed by atoms with Crippen molar-refractivity contribution in [3.05, 3.63) is 30.4 Å². The van der Waals surface area contributed by atoms with Crippen molar-refractivity contribution in [3.8, 4) is 11.4 Å². The van der Waals surface area contributed by atoms with Gasteiger partial charge in [-0.3, -0.25) is 9.88 Å². The van der Waals surface area contributed by atoms with Crippen LogP contribution >= 0.6 is 0 Å². The van der Waals surface area contributed by atoms with Gasteiger partial charge in [-0.25, -0.2) is 0 Å². The first-order valence-electron chi connectivity index (χ1n) is 6.22. The average molecular weight is 244 g/mol. The molecule has 2 aromatic rings. The number of hydrogen-bond donors (Lipinski definition) is 0. The second-order valence-electron chi connectivity index (χ2n) is 4.93. The number of hydrogen-bond acceptors (Lipinski definition) is 5. The maximum atomic E-state index is 5.35. The van der Waals surface area contributed by atoms with E-state index in [4.69, 9.17) is 4.52 Å². The predicted octanol–water partition coefficient (Wildman–Crippen LogP) is 2.14. The molecule has 1 fully saturated rings. The Morgan fingerprint density at radius 1 is 1.33 bits per heavy atom. The molecule has 2 aromatic heterocycles. The maximum Gasteiger partial charge on any atom is 0.244 e. The first-order valence-corrected chi connectivity index (χ1v) is 6.22. The topological polar surface area (TPSA) is 55.1 Å². The highest BCUT2D eigenvalue weighted by atomic mass is 16.5. The average Bonchev–Trinajstić information content (AvgIpc) is 2.85. The van der Waals surface area contributed by atoms with Gasteiger partial charge in [0.15, 0.2) is 0 Å². The number of aromatic nitrogens is 3. The van der Waals surface area contributed by atoms with Crippen molar-refractivity contribution >= 4 is 0 Å². The molecule has 3 heterocycles. The van der Waals surface area contributed by atoms with E-state index in [1.807, 2.05) is 12.1 Å². The van der Waals surface area contributed by atoms with Gasteiger partial charge in [-0.05, 0) is 25.0 Å². The summed E-state index contributed by atoms with van der Waals surface area (Å²) in [6.07, 6.45) is 3.46. The van der Waals surface area contributed by atoms with Crippen molar-refractivity contribution in [1.29, 1.82) is 0 Å². The highest BCUT2D eigenvalue weighted by Crippen LogP contribution is 2.28. The van der Waals surface area contributed by atoms with Crippen LogP contribution in [0.4, 0.5) is 0 Å². The number of rotatable bonds is 3. The van der Waals surface area contributed by atoms with Crippen LogP contribution in [-0.2, 0) is 0 Å². The number of likely N-dealkylation sites (tertiary alicyclic amines) is 1. The van der Waals surface area contributed by atoms with E-state index in [0.29, 0.717) is 11.7 Å². The molecule has 0 aliphatic carbocycles. The van der Waals surface area contributed by atoms with Crippen LogP contribution in [0, 0.1) is 5.92 Å². The van der Waals surface area contributed by atoms with Gasteiger partial charge in [-0.15, -0.1) is 0 Å². The molecular weight excluding hydrogens is 228 g/mol. The van der Waals surface area contributed by atoms with Crippen LogP contribution in [0.25, 0.3) is 11.4 Å². The lowest BCUT2D eigenvalue weighted by atomic mass is 10.0. The van der Waals surface area contributed by atoms with Gasteiger partial charge in [0.2, 0.25) is 11.7 Å². The normalized spacial score (nSPS) is 18.6. The predicted molar refractivity (Wildman–Crippen MR) is 66.7 cm³/mol. The first-order chi connectivity index (χ1) is 8.74. The van der Waals surface area contributed by atoms with Gasteiger partial charge in [0, 0.05) is 31.0 Å². The molecule has 0 N–H and O–H groups in total. The second-order valence-corrected chi connectivity index (χ2v) is 4.93. The van der Waals surface area contributed by atoms with E-state index in [0.717, 1.165) is 24.6 Å². The van der Waals surface area contributed by atoms with Crippen molar-refractivity contribution in [2.45, 2.75) is 19.9 Å². The molecule has 5 heteroatoms. The van der Waals surface area contributed by atoms with E-state index >= 15 is 0 Å². The van der Waals surface area contributed by atoms with E-state index in [1.165, 1.54) is 0 Å². The van der Waals surface area contributed by atoms with E-state index in [1.54, 1.807) is 12.4 Å². The van der Waals surface area contributed by atoms with Crippen LogP contribution in [0.5, 0.6) is 0 Å². The lowest BCUT2D eigenvalue weighted by molar-refractivity contribution is 0.0545. The molecule has 1 aliphatic heterocycles. The van der Waals surface area contributed by atoms with Crippen LogP contribution in [0.3, 0.4) is 0 Å². The Bertz CT molecular complexity index is 519. The summed E-state index contributed by atoms with van der Waals surface area (Å²) in [5.74, 6) is 2.09. The van der Waals surface area contributed by atoms with Gasteiger partial charge in [0.25, 0.3) is 0 Å². The largest absolute Gasteiger partial charge is 0.337 e. The zero-order valence-electron chi connectivity index (χ0n) is 10.6. The molecule has 0 spiro atoms. The van der Waals surface area contributed by atoms with Crippen LogP contribution in [-0.4, -0.2) is 33.1 Å².